The molecule has 0 aliphatic carbocycles. The summed E-state index contributed by atoms with van der Waals surface area (Å²) in [7, 11) is -3.68. The van der Waals surface area contributed by atoms with Gasteiger partial charge in [0, 0.05) is 38.4 Å². The topological polar surface area (TPSA) is 105 Å². The van der Waals surface area contributed by atoms with Crippen LogP contribution in [0.15, 0.2) is 29.2 Å². The van der Waals surface area contributed by atoms with E-state index in [4.69, 9.17) is 4.74 Å². The number of benzene rings is 1. The highest BCUT2D eigenvalue weighted by molar-refractivity contribution is 7.89. The average molecular weight is 442 g/mol. The molecule has 1 aromatic carbocycles. The highest BCUT2D eigenvalue weighted by atomic mass is 32.2. The summed E-state index contributed by atoms with van der Waals surface area (Å²) in [5.41, 5.74) is 0.193. The smallest absolute Gasteiger partial charge is 0.251 e. The van der Waals surface area contributed by atoms with E-state index in [0.717, 1.165) is 0 Å². The van der Waals surface area contributed by atoms with E-state index >= 15 is 0 Å². The second-order valence-corrected chi connectivity index (χ2v) is 9.09. The minimum Gasteiger partial charge on any atom is -0.382 e. The van der Waals surface area contributed by atoms with Crippen LogP contribution in [0, 0.1) is 5.92 Å². The summed E-state index contributed by atoms with van der Waals surface area (Å²) in [5, 5.41) is 5.54. The molecule has 1 rings (SSSR count). The molecular formula is C21H35N3O5S. The van der Waals surface area contributed by atoms with Crippen LogP contribution in [0.2, 0.25) is 0 Å². The van der Waals surface area contributed by atoms with Crippen molar-refractivity contribution in [3.8, 4) is 0 Å². The van der Waals surface area contributed by atoms with Gasteiger partial charge < -0.3 is 15.4 Å². The number of rotatable bonds is 13. The maximum absolute atomic E-state index is 12.7. The molecular weight excluding hydrogens is 406 g/mol. The van der Waals surface area contributed by atoms with Crippen LogP contribution in [-0.4, -0.2) is 63.4 Å². The zero-order valence-corrected chi connectivity index (χ0v) is 19.4. The number of carbonyl (C=O) groups excluding carboxylic acids is 2. The zero-order valence-electron chi connectivity index (χ0n) is 18.6. The van der Waals surface area contributed by atoms with E-state index in [-0.39, 0.29) is 22.3 Å². The van der Waals surface area contributed by atoms with Gasteiger partial charge in [-0.2, -0.15) is 4.31 Å². The van der Waals surface area contributed by atoms with E-state index in [0.29, 0.717) is 39.3 Å². The number of nitrogens with zero attached hydrogens (tertiary/aromatic N) is 1. The van der Waals surface area contributed by atoms with Crippen LogP contribution < -0.4 is 10.6 Å². The van der Waals surface area contributed by atoms with Crippen LogP contribution >= 0.6 is 0 Å². The third-order valence-electron chi connectivity index (χ3n) is 4.64. The van der Waals surface area contributed by atoms with Gasteiger partial charge in [-0.1, -0.05) is 33.8 Å². The number of carbonyl (C=O) groups is 2. The van der Waals surface area contributed by atoms with Crippen molar-refractivity contribution < 1.29 is 22.7 Å². The van der Waals surface area contributed by atoms with Crippen molar-refractivity contribution in [1.29, 1.82) is 0 Å². The molecule has 0 aliphatic rings. The molecule has 0 aromatic heterocycles. The zero-order chi connectivity index (χ0) is 22.7. The van der Waals surface area contributed by atoms with Gasteiger partial charge in [0.15, 0.2) is 0 Å². The summed E-state index contributed by atoms with van der Waals surface area (Å²) in [6.45, 7) is 11.4. The third-order valence-corrected chi connectivity index (χ3v) is 6.69. The average Bonchev–Trinajstić information content (AvgIpc) is 2.72. The van der Waals surface area contributed by atoms with Crippen molar-refractivity contribution in [2.75, 3.05) is 32.8 Å². The molecule has 1 atom stereocenters. The van der Waals surface area contributed by atoms with Gasteiger partial charge in [-0.3, -0.25) is 9.59 Å². The Morgan fingerprint density at radius 2 is 1.80 bits per heavy atom. The highest BCUT2D eigenvalue weighted by Gasteiger charge is 2.26. The number of nitrogens with one attached hydrogen (secondary N) is 2. The van der Waals surface area contributed by atoms with Gasteiger partial charge >= 0.3 is 0 Å². The predicted molar refractivity (Wildman–Crippen MR) is 117 cm³/mol. The van der Waals surface area contributed by atoms with Crippen LogP contribution in [0.1, 0.15) is 51.4 Å². The fraction of sp³-hybridized carbons (Fsp3) is 0.619. The highest BCUT2D eigenvalue weighted by Crippen LogP contribution is 2.17. The van der Waals surface area contributed by atoms with E-state index in [2.05, 4.69) is 10.6 Å². The first-order valence-electron chi connectivity index (χ1n) is 10.4. The Morgan fingerprint density at radius 1 is 1.13 bits per heavy atom. The molecule has 2 N–H and O–H groups in total. The first-order valence-corrected chi connectivity index (χ1v) is 11.9. The number of hydrogen-bond acceptors (Lipinski definition) is 5. The van der Waals surface area contributed by atoms with Crippen LogP contribution in [0.4, 0.5) is 0 Å². The van der Waals surface area contributed by atoms with Crippen LogP contribution in [0.3, 0.4) is 0 Å². The Labute approximate surface area is 180 Å². The SMILES string of the molecule is CCOCCCNC(=O)[C@@H](NC(=O)c1cccc(S(=O)(=O)N(CC)CC)c1)C(C)C. The Morgan fingerprint density at radius 3 is 2.37 bits per heavy atom. The largest absolute Gasteiger partial charge is 0.382 e. The van der Waals surface area contributed by atoms with Gasteiger partial charge in [0.25, 0.3) is 5.91 Å². The van der Waals surface area contributed by atoms with Gasteiger partial charge in [-0.05, 0) is 37.5 Å². The van der Waals surface area contributed by atoms with E-state index < -0.39 is 22.0 Å². The van der Waals surface area contributed by atoms with Crippen LogP contribution in [0.25, 0.3) is 0 Å². The quantitative estimate of drug-likeness (QED) is 0.456. The fourth-order valence-corrected chi connectivity index (χ4v) is 4.41. The maximum atomic E-state index is 12.7. The van der Waals surface area contributed by atoms with E-state index in [1.54, 1.807) is 13.8 Å². The molecule has 2 amide bonds. The van der Waals surface area contributed by atoms with E-state index in [9.17, 15) is 18.0 Å². The summed E-state index contributed by atoms with van der Waals surface area (Å²) in [6, 6.07) is 5.15. The van der Waals surface area contributed by atoms with Gasteiger partial charge in [0.1, 0.15) is 6.04 Å². The molecule has 0 bridgehead atoms. The molecule has 0 spiro atoms. The molecule has 0 saturated heterocycles. The minimum absolute atomic E-state index is 0.0559. The summed E-state index contributed by atoms with van der Waals surface area (Å²) in [4.78, 5) is 25.3. The minimum atomic E-state index is -3.68. The first-order chi connectivity index (χ1) is 14.2. The van der Waals surface area contributed by atoms with Crippen molar-refractivity contribution >= 4 is 21.8 Å². The Bertz CT molecular complexity index is 792. The molecule has 170 valence electrons. The van der Waals surface area contributed by atoms with Crippen molar-refractivity contribution in [1.82, 2.24) is 14.9 Å². The first kappa shape index (κ1) is 26.1. The molecule has 0 aliphatic heterocycles. The molecule has 9 heteroatoms. The second kappa shape index (κ2) is 12.7. The fourth-order valence-electron chi connectivity index (χ4n) is 2.91. The normalized spacial score (nSPS) is 12.8. The number of amides is 2. The number of sulfonamides is 1. The van der Waals surface area contributed by atoms with Gasteiger partial charge in [0.2, 0.25) is 15.9 Å². The lowest BCUT2D eigenvalue weighted by Gasteiger charge is -2.22. The lowest BCUT2D eigenvalue weighted by atomic mass is 10.0. The third kappa shape index (κ3) is 7.37. The molecule has 8 nitrogen and oxygen atoms in total. The molecule has 1 aromatic rings. The molecule has 0 heterocycles. The van der Waals surface area contributed by atoms with Crippen LogP contribution in [-0.2, 0) is 19.6 Å². The summed E-state index contributed by atoms with van der Waals surface area (Å²) < 4.78 is 32.0. The number of hydrogen-bond donors (Lipinski definition) is 2. The van der Waals surface area contributed by atoms with Crippen molar-refractivity contribution in [2.45, 2.75) is 52.0 Å². The van der Waals surface area contributed by atoms with Crippen molar-refractivity contribution in [3.05, 3.63) is 29.8 Å². The second-order valence-electron chi connectivity index (χ2n) is 7.15. The van der Waals surface area contributed by atoms with Gasteiger partial charge in [-0.15, -0.1) is 0 Å². The lowest BCUT2D eigenvalue weighted by molar-refractivity contribution is -0.124. The Kier molecular flexibility index (Phi) is 11.0. The predicted octanol–water partition coefficient (Wildman–Crippen LogP) is 2.01. The van der Waals surface area contributed by atoms with Gasteiger partial charge in [-0.25, -0.2) is 8.42 Å². The standard InChI is InChI=1S/C21H35N3O5S/c1-6-24(7-2)30(27,28)18-12-9-11-17(15-18)20(25)23-19(16(4)5)21(26)22-13-10-14-29-8-3/h9,11-12,15-16,19H,6-8,10,13-14H2,1-5H3,(H,22,26)(H,23,25)/t19-/m0/s1. The Balaban J connectivity index is 2.90. The molecule has 0 radical (unpaired) electrons. The Hall–Kier alpha value is -1.97. The molecule has 0 saturated carbocycles. The summed E-state index contributed by atoms with van der Waals surface area (Å²) in [6.07, 6.45) is 0.684. The lowest BCUT2D eigenvalue weighted by Crippen LogP contribution is -2.50. The van der Waals surface area contributed by atoms with E-state index in [1.807, 2.05) is 20.8 Å². The molecule has 0 unspecified atom stereocenters. The summed E-state index contributed by atoms with van der Waals surface area (Å²) in [5.74, 6) is -0.903. The van der Waals surface area contributed by atoms with Crippen molar-refractivity contribution in [3.63, 3.8) is 0 Å². The maximum Gasteiger partial charge on any atom is 0.251 e. The van der Waals surface area contributed by atoms with E-state index in [1.165, 1.54) is 28.6 Å². The van der Waals surface area contributed by atoms with Crippen molar-refractivity contribution in [2.24, 2.45) is 5.92 Å². The summed E-state index contributed by atoms with van der Waals surface area (Å²) >= 11 is 0. The van der Waals surface area contributed by atoms with Gasteiger partial charge in [0.05, 0.1) is 4.90 Å². The number of ether oxygens (including phenoxy) is 1. The monoisotopic (exact) mass is 441 g/mol. The molecule has 30 heavy (non-hydrogen) atoms. The molecule has 0 fully saturated rings. The van der Waals surface area contributed by atoms with Crippen LogP contribution in [0.5, 0.6) is 0 Å².